The molecule has 19 heavy (non-hydrogen) atoms. The van der Waals surface area contributed by atoms with Crippen LogP contribution in [0, 0.1) is 34.5 Å². The molecule has 2 aliphatic carbocycles. The standard InChI is InChI=1S/C17H31NO/c1-4-6-14-10-13(3)17(16(11-14)18-19)15-8-5-7-12(2)9-15/h12-17H,4-11H2,1-3H3/t12?,13?,14?,15-,16?,17?/m0/s1. The molecule has 2 heteroatoms. The maximum Gasteiger partial charge on any atom is 0.0955 e. The molecular weight excluding hydrogens is 234 g/mol. The summed E-state index contributed by atoms with van der Waals surface area (Å²) >= 11 is 0. The van der Waals surface area contributed by atoms with E-state index >= 15 is 0 Å². The third-order valence-corrected chi connectivity index (χ3v) is 5.73. The molecule has 0 radical (unpaired) electrons. The summed E-state index contributed by atoms with van der Waals surface area (Å²) in [6, 6.07) is 0.107. The molecule has 0 saturated heterocycles. The molecule has 0 spiro atoms. The molecule has 0 amide bonds. The number of nitroso groups, excluding NO2 is 1. The molecule has 0 heterocycles. The van der Waals surface area contributed by atoms with Gasteiger partial charge in [0.2, 0.25) is 0 Å². The van der Waals surface area contributed by atoms with Gasteiger partial charge in [0.1, 0.15) is 0 Å². The van der Waals surface area contributed by atoms with Gasteiger partial charge in [0.15, 0.2) is 0 Å². The molecule has 6 atom stereocenters. The molecule has 2 aliphatic rings. The molecule has 2 nitrogen and oxygen atoms in total. The Kier molecular flexibility index (Phi) is 5.41. The van der Waals surface area contributed by atoms with Crippen molar-refractivity contribution in [1.82, 2.24) is 0 Å². The summed E-state index contributed by atoms with van der Waals surface area (Å²) in [4.78, 5) is 11.3. The molecular formula is C17H31NO. The van der Waals surface area contributed by atoms with E-state index in [4.69, 9.17) is 0 Å². The molecule has 2 fully saturated rings. The van der Waals surface area contributed by atoms with Gasteiger partial charge in [0.05, 0.1) is 6.04 Å². The highest BCUT2D eigenvalue weighted by molar-refractivity contribution is 4.93. The quantitative estimate of drug-likeness (QED) is 0.625. The summed E-state index contributed by atoms with van der Waals surface area (Å²) in [5, 5.41) is 3.56. The first-order chi connectivity index (χ1) is 9.15. The van der Waals surface area contributed by atoms with Crippen LogP contribution in [0.1, 0.15) is 72.1 Å². The second kappa shape index (κ2) is 6.85. The fraction of sp³-hybridized carbons (Fsp3) is 1.00. The minimum Gasteiger partial charge on any atom is -0.151 e. The van der Waals surface area contributed by atoms with E-state index in [1.165, 1.54) is 44.9 Å². The van der Waals surface area contributed by atoms with Gasteiger partial charge in [-0.25, -0.2) is 0 Å². The minimum atomic E-state index is 0.107. The summed E-state index contributed by atoms with van der Waals surface area (Å²) in [6.45, 7) is 7.01. The number of hydrogen-bond acceptors (Lipinski definition) is 2. The number of hydrogen-bond donors (Lipinski definition) is 0. The van der Waals surface area contributed by atoms with Crippen molar-refractivity contribution < 1.29 is 0 Å². The molecule has 2 saturated carbocycles. The van der Waals surface area contributed by atoms with E-state index in [0.29, 0.717) is 11.8 Å². The molecule has 0 aliphatic heterocycles. The van der Waals surface area contributed by atoms with Crippen LogP contribution in [0.25, 0.3) is 0 Å². The van der Waals surface area contributed by atoms with Gasteiger partial charge in [-0.15, -0.1) is 0 Å². The second-order valence-corrected chi connectivity index (χ2v) is 7.39. The van der Waals surface area contributed by atoms with Gasteiger partial charge in [-0.1, -0.05) is 58.1 Å². The Bertz CT molecular complexity index is 291. The lowest BCUT2D eigenvalue weighted by molar-refractivity contribution is 0.0732. The fourth-order valence-corrected chi connectivity index (χ4v) is 5.02. The Morgan fingerprint density at radius 2 is 1.89 bits per heavy atom. The summed E-state index contributed by atoms with van der Waals surface area (Å²) in [5.74, 6) is 3.65. The lowest BCUT2D eigenvalue weighted by atomic mass is 9.62. The molecule has 0 aromatic heterocycles. The van der Waals surface area contributed by atoms with Gasteiger partial charge >= 0.3 is 0 Å². The monoisotopic (exact) mass is 265 g/mol. The molecule has 0 bridgehead atoms. The van der Waals surface area contributed by atoms with E-state index in [1.54, 1.807) is 0 Å². The van der Waals surface area contributed by atoms with Crippen LogP contribution in [-0.4, -0.2) is 6.04 Å². The Morgan fingerprint density at radius 1 is 1.11 bits per heavy atom. The number of nitrogens with zero attached hydrogens (tertiary/aromatic N) is 1. The molecule has 110 valence electrons. The van der Waals surface area contributed by atoms with Crippen LogP contribution < -0.4 is 0 Å². The van der Waals surface area contributed by atoms with Crippen LogP contribution in [0.3, 0.4) is 0 Å². The first-order valence-corrected chi connectivity index (χ1v) is 8.48. The van der Waals surface area contributed by atoms with Gasteiger partial charge in [0.25, 0.3) is 0 Å². The highest BCUT2D eigenvalue weighted by atomic mass is 16.3. The van der Waals surface area contributed by atoms with Crippen LogP contribution in [-0.2, 0) is 0 Å². The van der Waals surface area contributed by atoms with Crippen LogP contribution in [0.2, 0.25) is 0 Å². The van der Waals surface area contributed by atoms with Gasteiger partial charge in [0, 0.05) is 0 Å². The van der Waals surface area contributed by atoms with Gasteiger partial charge in [-0.3, -0.25) is 0 Å². The third kappa shape index (κ3) is 3.58. The normalized spacial score (nSPS) is 43.9. The predicted molar refractivity (Wildman–Crippen MR) is 81.0 cm³/mol. The smallest absolute Gasteiger partial charge is 0.0955 e. The Balaban J connectivity index is 2.03. The topological polar surface area (TPSA) is 29.4 Å². The fourth-order valence-electron chi connectivity index (χ4n) is 5.02. The lowest BCUT2D eigenvalue weighted by Crippen LogP contribution is -2.40. The molecule has 0 N–H and O–H groups in total. The SMILES string of the molecule is CCCC1CC(C)C([C@H]2CCCC(C)C2)C(N=O)C1. The van der Waals surface area contributed by atoms with Crippen LogP contribution in [0.5, 0.6) is 0 Å². The van der Waals surface area contributed by atoms with E-state index in [1.807, 2.05) is 0 Å². The van der Waals surface area contributed by atoms with Crippen molar-refractivity contribution in [2.75, 3.05) is 0 Å². The lowest BCUT2D eigenvalue weighted by Gasteiger charge is -2.44. The van der Waals surface area contributed by atoms with Crippen molar-refractivity contribution in [2.24, 2.45) is 34.8 Å². The van der Waals surface area contributed by atoms with Crippen molar-refractivity contribution in [3.63, 3.8) is 0 Å². The van der Waals surface area contributed by atoms with E-state index in [0.717, 1.165) is 24.2 Å². The van der Waals surface area contributed by atoms with Crippen molar-refractivity contribution in [3.8, 4) is 0 Å². The summed E-state index contributed by atoms with van der Waals surface area (Å²) in [6.07, 6.45) is 10.3. The maximum absolute atomic E-state index is 11.3. The largest absolute Gasteiger partial charge is 0.151 e. The van der Waals surface area contributed by atoms with Crippen molar-refractivity contribution in [1.29, 1.82) is 0 Å². The highest BCUT2D eigenvalue weighted by Crippen LogP contribution is 2.46. The summed E-state index contributed by atoms with van der Waals surface area (Å²) < 4.78 is 0. The molecule has 5 unspecified atom stereocenters. The van der Waals surface area contributed by atoms with Gasteiger partial charge in [-0.2, -0.15) is 4.91 Å². The van der Waals surface area contributed by atoms with Gasteiger partial charge in [-0.05, 0) is 48.9 Å². The average Bonchev–Trinajstić information content (AvgIpc) is 2.38. The zero-order chi connectivity index (χ0) is 13.8. The molecule has 0 aromatic rings. The Morgan fingerprint density at radius 3 is 2.53 bits per heavy atom. The van der Waals surface area contributed by atoms with E-state index in [2.05, 4.69) is 25.9 Å². The Hall–Kier alpha value is -0.400. The van der Waals surface area contributed by atoms with Crippen molar-refractivity contribution in [2.45, 2.75) is 78.2 Å². The zero-order valence-electron chi connectivity index (χ0n) is 13.0. The Labute approximate surface area is 118 Å². The van der Waals surface area contributed by atoms with E-state index in [9.17, 15) is 4.91 Å². The molecule has 2 rings (SSSR count). The first-order valence-electron chi connectivity index (χ1n) is 8.48. The van der Waals surface area contributed by atoms with Crippen LogP contribution in [0.4, 0.5) is 0 Å². The highest BCUT2D eigenvalue weighted by Gasteiger charge is 2.41. The van der Waals surface area contributed by atoms with Crippen LogP contribution >= 0.6 is 0 Å². The first kappa shape index (κ1) is 15.0. The van der Waals surface area contributed by atoms with Crippen LogP contribution in [0.15, 0.2) is 5.18 Å². The summed E-state index contributed by atoms with van der Waals surface area (Å²) in [7, 11) is 0. The minimum absolute atomic E-state index is 0.107. The average molecular weight is 265 g/mol. The van der Waals surface area contributed by atoms with E-state index in [-0.39, 0.29) is 6.04 Å². The van der Waals surface area contributed by atoms with Crippen molar-refractivity contribution >= 4 is 0 Å². The van der Waals surface area contributed by atoms with Crippen molar-refractivity contribution in [3.05, 3.63) is 4.91 Å². The number of rotatable bonds is 4. The summed E-state index contributed by atoms with van der Waals surface area (Å²) in [5.41, 5.74) is 0. The zero-order valence-corrected chi connectivity index (χ0v) is 13.0. The predicted octanol–water partition coefficient (Wildman–Crippen LogP) is 5.41. The second-order valence-electron chi connectivity index (χ2n) is 7.39. The van der Waals surface area contributed by atoms with Gasteiger partial charge < -0.3 is 0 Å². The van der Waals surface area contributed by atoms with E-state index < -0.39 is 0 Å². The maximum atomic E-state index is 11.3. The third-order valence-electron chi connectivity index (χ3n) is 5.73. The molecule has 0 aromatic carbocycles.